The molecule has 34 heavy (non-hydrogen) atoms. The van der Waals surface area contributed by atoms with Gasteiger partial charge in [0.15, 0.2) is 5.11 Å². The Kier molecular flexibility index (Phi) is 7.90. The average Bonchev–Trinajstić information content (AvgIpc) is 3.02. The highest BCUT2D eigenvalue weighted by Crippen LogP contribution is 2.24. The lowest BCUT2D eigenvalue weighted by Gasteiger charge is -2.24. The molecular weight excluding hydrogens is 460 g/mol. The van der Waals surface area contributed by atoms with Crippen molar-refractivity contribution in [3.05, 3.63) is 48.0 Å². The number of likely N-dealkylation sites (N-methyl/N-ethyl adjacent to an activating group) is 1. The minimum atomic E-state index is -1.01. The molecule has 1 fully saturated rings. The van der Waals surface area contributed by atoms with E-state index in [0.29, 0.717) is 29.5 Å². The molecule has 10 nitrogen and oxygen atoms in total. The summed E-state index contributed by atoms with van der Waals surface area (Å²) in [4.78, 5) is 39.7. The molecule has 1 atom stereocenters. The summed E-state index contributed by atoms with van der Waals surface area (Å²) in [7, 11) is 4.43. The topological polar surface area (TPSA) is 109 Å². The van der Waals surface area contributed by atoms with E-state index in [2.05, 4.69) is 10.7 Å². The number of anilines is 1. The van der Waals surface area contributed by atoms with Crippen molar-refractivity contribution in [2.75, 3.05) is 33.2 Å². The van der Waals surface area contributed by atoms with Crippen molar-refractivity contribution in [3.8, 4) is 17.2 Å². The van der Waals surface area contributed by atoms with Crippen molar-refractivity contribution < 1.29 is 28.6 Å². The van der Waals surface area contributed by atoms with Crippen molar-refractivity contribution in [2.45, 2.75) is 19.4 Å². The zero-order chi connectivity index (χ0) is 24.8. The third kappa shape index (κ3) is 5.54. The van der Waals surface area contributed by atoms with Crippen LogP contribution in [0.25, 0.3) is 0 Å². The maximum Gasteiger partial charge on any atom is 0.270 e. The molecule has 11 heteroatoms. The number of nitrogens with one attached hydrogen (secondary N) is 2. The minimum Gasteiger partial charge on any atom is -0.497 e. The smallest absolute Gasteiger partial charge is 0.270 e. The van der Waals surface area contributed by atoms with E-state index in [9.17, 15) is 14.4 Å². The average molecular weight is 487 g/mol. The summed E-state index contributed by atoms with van der Waals surface area (Å²) in [5.41, 5.74) is 3.39. The number of ether oxygens (including phenoxy) is 3. The Morgan fingerprint density at radius 1 is 1.06 bits per heavy atom. The summed E-state index contributed by atoms with van der Waals surface area (Å²) in [6.45, 7) is 2.35. The van der Waals surface area contributed by atoms with Gasteiger partial charge >= 0.3 is 0 Å². The molecule has 3 rings (SSSR count). The summed E-state index contributed by atoms with van der Waals surface area (Å²) in [5, 5.41) is 4.05. The Labute approximate surface area is 202 Å². The molecule has 180 valence electrons. The lowest BCUT2D eigenvalue weighted by atomic mass is 10.1. The Bertz CT molecular complexity index is 1090. The van der Waals surface area contributed by atoms with E-state index in [4.69, 9.17) is 26.4 Å². The number of methoxy groups -OCH3 is 2. The van der Waals surface area contributed by atoms with E-state index in [1.807, 2.05) is 6.92 Å². The highest BCUT2D eigenvalue weighted by atomic mass is 32.1. The number of carbonyl (C=O) groups is 3. The third-order valence-corrected chi connectivity index (χ3v) is 5.53. The molecule has 1 heterocycles. The third-order valence-electron chi connectivity index (χ3n) is 5.06. The molecule has 2 N–H and O–H groups in total. The van der Waals surface area contributed by atoms with Crippen LogP contribution in [0.3, 0.4) is 0 Å². The van der Waals surface area contributed by atoms with Crippen LogP contribution in [0, 0.1) is 0 Å². The Morgan fingerprint density at radius 2 is 1.74 bits per heavy atom. The molecule has 1 unspecified atom stereocenters. The zero-order valence-corrected chi connectivity index (χ0v) is 20.1. The Morgan fingerprint density at radius 3 is 2.35 bits per heavy atom. The molecule has 2 aromatic carbocycles. The van der Waals surface area contributed by atoms with Gasteiger partial charge in [0.25, 0.3) is 11.8 Å². The normalized spacial score (nSPS) is 15.2. The summed E-state index contributed by atoms with van der Waals surface area (Å²) in [6.07, 6.45) is -0.232. The van der Waals surface area contributed by atoms with Crippen LogP contribution in [0.5, 0.6) is 17.2 Å². The second-order valence-electron chi connectivity index (χ2n) is 7.32. The van der Waals surface area contributed by atoms with Crippen molar-refractivity contribution in [1.29, 1.82) is 0 Å². The van der Waals surface area contributed by atoms with Gasteiger partial charge in [0.2, 0.25) is 5.91 Å². The lowest BCUT2D eigenvalue weighted by molar-refractivity contribution is -0.130. The molecule has 1 aliphatic heterocycles. The van der Waals surface area contributed by atoms with Crippen molar-refractivity contribution in [3.63, 3.8) is 0 Å². The SMILES string of the molecule is CCOc1cccc(NC(=O)CC2C(=O)N(C)C(=S)N2NC(=O)c2cc(OC)cc(OC)c2)c1. The molecule has 1 aliphatic rings. The zero-order valence-electron chi connectivity index (χ0n) is 19.3. The number of hydrogen-bond donors (Lipinski definition) is 2. The summed E-state index contributed by atoms with van der Waals surface area (Å²) < 4.78 is 15.8. The van der Waals surface area contributed by atoms with Crippen molar-refractivity contribution >= 4 is 40.7 Å². The molecule has 0 bridgehead atoms. The number of carbonyl (C=O) groups excluding carboxylic acids is 3. The second-order valence-corrected chi connectivity index (χ2v) is 7.69. The number of hydrazine groups is 1. The molecule has 0 aliphatic carbocycles. The van der Waals surface area contributed by atoms with E-state index >= 15 is 0 Å². The number of benzene rings is 2. The van der Waals surface area contributed by atoms with Crippen LogP contribution in [-0.2, 0) is 9.59 Å². The first-order chi connectivity index (χ1) is 16.3. The quantitative estimate of drug-likeness (QED) is 0.520. The van der Waals surface area contributed by atoms with Crippen molar-refractivity contribution in [2.24, 2.45) is 0 Å². The van der Waals surface area contributed by atoms with E-state index in [1.165, 1.54) is 43.3 Å². The Balaban J connectivity index is 1.75. The maximum atomic E-state index is 12.9. The summed E-state index contributed by atoms with van der Waals surface area (Å²) in [6, 6.07) is 10.6. The molecule has 0 radical (unpaired) electrons. The highest BCUT2D eigenvalue weighted by Gasteiger charge is 2.42. The van der Waals surface area contributed by atoms with Crippen molar-refractivity contribution in [1.82, 2.24) is 15.3 Å². The molecule has 3 amide bonds. The summed E-state index contributed by atoms with van der Waals surface area (Å²) in [5.74, 6) is 0.0798. The van der Waals surface area contributed by atoms with Crippen LogP contribution in [0.15, 0.2) is 42.5 Å². The van der Waals surface area contributed by atoms with E-state index in [0.717, 1.165) is 0 Å². The van der Waals surface area contributed by atoms with Gasteiger partial charge in [-0.2, -0.15) is 0 Å². The molecule has 0 aromatic heterocycles. The van der Waals surface area contributed by atoms with Gasteiger partial charge < -0.3 is 19.5 Å². The van der Waals surface area contributed by atoms with Gasteiger partial charge in [-0.05, 0) is 43.4 Å². The van der Waals surface area contributed by atoms with Gasteiger partial charge in [-0.15, -0.1) is 0 Å². The van der Waals surface area contributed by atoms with Crippen LogP contribution in [0.1, 0.15) is 23.7 Å². The van der Waals surface area contributed by atoms with Crippen LogP contribution in [-0.4, -0.2) is 66.7 Å². The molecule has 2 aromatic rings. The number of amides is 3. The number of nitrogens with zero attached hydrogens (tertiary/aromatic N) is 2. The van der Waals surface area contributed by atoms with Gasteiger partial charge in [0.1, 0.15) is 23.3 Å². The van der Waals surface area contributed by atoms with Gasteiger partial charge in [0.05, 0.1) is 27.2 Å². The number of rotatable bonds is 9. The first-order valence-electron chi connectivity index (χ1n) is 10.4. The van der Waals surface area contributed by atoms with Crippen LogP contribution in [0.4, 0.5) is 5.69 Å². The second kappa shape index (κ2) is 10.8. The molecular formula is C23H26N4O6S. The first kappa shape index (κ1) is 24.8. The van der Waals surface area contributed by atoms with Gasteiger partial charge in [-0.1, -0.05) is 6.07 Å². The van der Waals surface area contributed by atoms with Gasteiger partial charge in [-0.3, -0.25) is 24.7 Å². The van der Waals surface area contributed by atoms with E-state index in [1.54, 1.807) is 30.3 Å². The predicted octanol–water partition coefficient (Wildman–Crippen LogP) is 2.20. The molecule has 1 saturated heterocycles. The van der Waals surface area contributed by atoms with Crippen LogP contribution >= 0.6 is 12.2 Å². The van der Waals surface area contributed by atoms with Gasteiger partial charge in [0, 0.05) is 30.4 Å². The fraction of sp³-hybridized carbons (Fsp3) is 0.304. The van der Waals surface area contributed by atoms with Crippen LogP contribution < -0.4 is 25.0 Å². The van der Waals surface area contributed by atoms with Crippen LogP contribution in [0.2, 0.25) is 0 Å². The van der Waals surface area contributed by atoms with Gasteiger partial charge in [-0.25, -0.2) is 5.01 Å². The van der Waals surface area contributed by atoms with E-state index < -0.39 is 23.8 Å². The fourth-order valence-electron chi connectivity index (χ4n) is 3.36. The minimum absolute atomic E-state index is 0.0735. The standard InChI is InChI=1S/C23H26N4O6S/c1-5-33-16-8-6-7-15(11-16)24-20(28)13-19-22(30)26(2)23(34)27(19)25-21(29)14-9-17(31-3)12-18(10-14)32-4/h6-12,19H,5,13H2,1-4H3,(H,24,28)(H,25,29). The summed E-state index contributed by atoms with van der Waals surface area (Å²) >= 11 is 5.33. The highest BCUT2D eigenvalue weighted by molar-refractivity contribution is 7.80. The predicted molar refractivity (Wildman–Crippen MR) is 129 cm³/mol. The fourth-order valence-corrected chi connectivity index (χ4v) is 3.62. The number of thiocarbonyl (C=S) groups is 1. The molecule has 0 saturated carbocycles. The van der Waals surface area contributed by atoms with E-state index in [-0.39, 0.29) is 17.1 Å². The maximum absolute atomic E-state index is 12.9. The largest absolute Gasteiger partial charge is 0.497 e. The lowest BCUT2D eigenvalue weighted by Crippen LogP contribution is -2.49. The molecule has 0 spiro atoms. The monoisotopic (exact) mass is 486 g/mol. The Hall–Kier alpha value is -3.86. The number of hydrogen-bond acceptors (Lipinski definition) is 7. The first-order valence-corrected chi connectivity index (χ1v) is 10.9.